The third kappa shape index (κ3) is 4.17. The van der Waals surface area contributed by atoms with Gasteiger partial charge in [-0.15, -0.1) is 6.58 Å². The number of esters is 1. The molecule has 40 heavy (non-hydrogen) atoms. The minimum Gasteiger partial charge on any atom is -0.508 e. The Morgan fingerprint density at radius 2 is 1.85 bits per heavy atom. The van der Waals surface area contributed by atoms with Crippen molar-refractivity contribution in [2.24, 2.45) is 10.8 Å². The highest BCUT2D eigenvalue weighted by atomic mass is 16.5. The van der Waals surface area contributed by atoms with Crippen LogP contribution >= 0.6 is 0 Å². The summed E-state index contributed by atoms with van der Waals surface area (Å²) in [6.45, 7) is 18.9. The fraction of sp³-hybridized carbons (Fsp3) is 0.485. The van der Waals surface area contributed by atoms with Gasteiger partial charge in [0.15, 0.2) is 11.4 Å². The Bertz CT molecular complexity index is 1420. The summed E-state index contributed by atoms with van der Waals surface area (Å²) in [7, 11) is 0. The number of ketones is 2. The molecule has 1 aromatic carbocycles. The van der Waals surface area contributed by atoms with Crippen molar-refractivity contribution in [3.8, 4) is 5.75 Å². The van der Waals surface area contributed by atoms with Crippen molar-refractivity contribution in [2.75, 3.05) is 6.61 Å². The Hall–Kier alpha value is -3.45. The average molecular weight is 549 g/mol. The molecule has 0 fully saturated rings. The molecule has 0 saturated carbocycles. The van der Waals surface area contributed by atoms with Crippen molar-refractivity contribution >= 4 is 23.1 Å². The molecular formula is C33H40O7. The first-order valence-electron chi connectivity index (χ1n) is 13.8. The van der Waals surface area contributed by atoms with Gasteiger partial charge in [0.1, 0.15) is 11.5 Å². The van der Waals surface area contributed by atoms with Crippen LogP contribution in [0.2, 0.25) is 0 Å². The lowest BCUT2D eigenvalue weighted by atomic mass is 9.47. The predicted molar refractivity (Wildman–Crippen MR) is 153 cm³/mol. The number of aliphatic hydroxyl groups excluding tert-OH is 1. The zero-order chi connectivity index (χ0) is 29.9. The van der Waals surface area contributed by atoms with Gasteiger partial charge in [0.2, 0.25) is 5.78 Å². The quantitative estimate of drug-likeness (QED) is 0.176. The van der Waals surface area contributed by atoms with E-state index in [1.54, 1.807) is 19.9 Å². The highest BCUT2D eigenvalue weighted by Crippen LogP contribution is 2.65. The number of phenols is 1. The molecule has 0 heterocycles. The summed E-state index contributed by atoms with van der Waals surface area (Å²) in [5, 5.41) is 35.3. The third-order valence-corrected chi connectivity index (χ3v) is 9.06. The lowest BCUT2D eigenvalue weighted by Gasteiger charge is -2.57. The van der Waals surface area contributed by atoms with Crippen LogP contribution in [0.5, 0.6) is 5.75 Å². The number of hydrogen-bond acceptors (Lipinski definition) is 7. The van der Waals surface area contributed by atoms with Crippen LogP contribution in [-0.2, 0) is 32.0 Å². The zero-order valence-corrected chi connectivity index (χ0v) is 24.4. The van der Waals surface area contributed by atoms with E-state index in [2.05, 4.69) is 13.2 Å². The Morgan fingerprint density at radius 1 is 1.20 bits per heavy atom. The van der Waals surface area contributed by atoms with E-state index in [9.17, 15) is 29.7 Å². The number of fused-ring (bicyclic) bond motifs is 3. The SMILES string of the molecule is C=CCCOC(=O)Cc1cc(C(C)C)c2c(c1O)C(=C)C1=C(O)[C@@]3(O)C(=O)C(C(C)=O)=C(C)C[C@@]3(C)C[C@@]1(C)C2. The maximum atomic E-state index is 13.7. The highest BCUT2D eigenvalue weighted by Gasteiger charge is 2.66. The summed E-state index contributed by atoms with van der Waals surface area (Å²) in [4.78, 5) is 38.7. The van der Waals surface area contributed by atoms with Crippen LogP contribution in [0.1, 0.15) is 89.0 Å². The summed E-state index contributed by atoms with van der Waals surface area (Å²) < 4.78 is 5.27. The van der Waals surface area contributed by atoms with E-state index in [0.29, 0.717) is 47.1 Å². The van der Waals surface area contributed by atoms with Crippen LogP contribution < -0.4 is 0 Å². The van der Waals surface area contributed by atoms with Gasteiger partial charge in [-0.25, -0.2) is 0 Å². The molecule has 3 atom stereocenters. The van der Waals surface area contributed by atoms with E-state index in [-0.39, 0.29) is 36.7 Å². The standard InChI is InChI=1S/C33H40O7/c1-9-10-11-40-24(35)13-21-12-22(17(2)3)23-15-31(7)16-32(8)14-18(4)25(20(6)34)29(37)33(32,39)30(38)27(31)19(5)26(23)28(21)36/h9,12,17,36,38-39H,1,5,10-11,13-16H2,2-4,6-8H3/t31-,32+,33+/m1/s1. The first-order valence-corrected chi connectivity index (χ1v) is 13.8. The second-order valence-corrected chi connectivity index (χ2v) is 12.6. The molecule has 0 amide bonds. The fourth-order valence-electron chi connectivity index (χ4n) is 7.50. The molecule has 1 aromatic rings. The van der Waals surface area contributed by atoms with Gasteiger partial charge in [0, 0.05) is 27.5 Å². The lowest BCUT2D eigenvalue weighted by molar-refractivity contribution is -0.157. The Morgan fingerprint density at radius 3 is 2.42 bits per heavy atom. The largest absolute Gasteiger partial charge is 0.508 e. The minimum absolute atomic E-state index is 0.0519. The van der Waals surface area contributed by atoms with Gasteiger partial charge in [0.05, 0.1) is 18.6 Å². The van der Waals surface area contributed by atoms with Gasteiger partial charge in [-0.2, -0.15) is 0 Å². The average Bonchev–Trinajstić information content (AvgIpc) is 2.82. The molecule has 0 unspecified atom stereocenters. The van der Waals surface area contributed by atoms with Crippen LogP contribution in [0.3, 0.4) is 0 Å². The van der Waals surface area contributed by atoms with Gasteiger partial charge < -0.3 is 20.1 Å². The van der Waals surface area contributed by atoms with E-state index in [4.69, 9.17) is 4.74 Å². The molecule has 0 radical (unpaired) electrons. The molecule has 4 rings (SSSR count). The highest BCUT2D eigenvalue weighted by molar-refractivity contribution is 6.24. The monoisotopic (exact) mass is 548 g/mol. The number of ether oxygens (including phenoxy) is 1. The van der Waals surface area contributed by atoms with E-state index in [1.807, 2.05) is 26.8 Å². The van der Waals surface area contributed by atoms with E-state index in [1.165, 1.54) is 6.92 Å². The van der Waals surface area contributed by atoms with Crippen molar-refractivity contribution in [1.29, 1.82) is 0 Å². The van der Waals surface area contributed by atoms with Gasteiger partial charge >= 0.3 is 5.97 Å². The van der Waals surface area contributed by atoms with Crippen molar-refractivity contribution in [3.63, 3.8) is 0 Å². The molecular weight excluding hydrogens is 508 g/mol. The van der Waals surface area contributed by atoms with Crippen molar-refractivity contribution in [3.05, 3.63) is 70.0 Å². The lowest BCUT2D eigenvalue weighted by Crippen LogP contribution is -2.63. The number of allylic oxidation sites excluding steroid dienone is 3. The molecule has 3 aliphatic carbocycles. The predicted octanol–water partition coefficient (Wildman–Crippen LogP) is 5.58. The second kappa shape index (κ2) is 9.88. The first kappa shape index (κ1) is 29.5. The number of hydrogen-bond donors (Lipinski definition) is 3. The topological polar surface area (TPSA) is 121 Å². The molecule has 3 N–H and O–H groups in total. The molecule has 0 aromatic heterocycles. The normalized spacial score (nSPS) is 27.8. The molecule has 7 nitrogen and oxygen atoms in total. The minimum atomic E-state index is -2.31. The fourth-order valence-corrected chi connectivity index (χ4v) is 7.50. The third-order valence-electron chi connectivity index (χ3n) is 9.06. The molecule has 0 bridgehead atoms. The van der Waals surface area contributed by atoms with E-state index < -0.39 is 39.7 Å². The first-order chi connectivity index (χ1) is 18.5. The van der Waals surface area contributed by atoms with Crippen LogP contribution in [0.15, 0.2) is 47.8 Å². The molecule has 0 saturated heterocycles. The van der Waals surface area contributed by atoms with Gasteiger partial charge in [0.25, 0.3) is 0 Å². The van der Waals surface area contributed by atoms with E-state index >= 15 is 0 Å². The molecule has 214 valence electrons. The number of aromatic hydroxyl groups is 1. The molecule has 7 heteroatoms. The van der Waals surface area contributed by atoms with Crippen molar-refractivity contribution in [2.45, 2.75) is 85.2 Å². The van der Waals surface area contributed by atoms with Crippen molar-refractivity contribution in [1.82, 2.24) is 0 Å². The van der Waals surface area contributed by atoms with Crippen LogP contribution in [-0.4, -0.2) is 45.1 Å². The van der Waals surface area contributed by atoms with Crippen molar-refractivity contribution < 1.29 is 34.4 Å². The summed E-state index contributed by atoms with van der Waals surface area (Å²) in [5.41, 5.74) is -0.401. The van der Waals surface area contributed by atoms with Crippen LogP contribution in [0.25, 0.3) is 5.57 Å². The number of aliphatic hydroxyl groups is 2. The summed E-state index contributed by atoms with van der Waals surface area (Å²) in [5.74, 6) is -2.36. The second-order valence-electron chi connectivity index (χ2n) is 12.6. The number of benzene rings is 1. The van der Waals surface area contributed by atoms with Gasteiger partial charge in [-0.1, -0.05) is 52.0 Å². The van der Waals surface area contributed by atoms with Gasteiger partial charge in [-0.05, 0) is 62.1 Å². The summed E-state index contributed by atoms with van der Waals surface area (Å²) in [6, 6.07) is 1.84. The summed E-state index contributed by atoms with van der Waals surface area (Å²) in [6.07, 6.45) is 3.05. The summed E-state index contributed by atoms with van der Waals surface area (Å²) >= 11 is 0. The Balaban J connectivity index is 1.92. The molecule has 0 aliphatic heterocycles. The van der Waals surface area contributed by atoms with Crippen LogP contribution in [0.4, 0.5) is 0 Å². The number of carbonyl (C=O) groups is 3. The van der Waals surface area contributed by atoms with E-state index in [0.717, 1.165) is 11.1 Å². The number of carbonyl (C=O) groups excluding carboxylic acids is 3. The number of rotatable bonds is 7. The van der Waals surface area contributed by atoms with Crippen LogP contribution in [0, 0.1) is 10.8 Å². The number of phenolic OH excluding ortho intramolecular Hbond substituents is 1. The Kier molecular flexibility index (Phi) is 7.29. The maximum absolute atomic E-state index is 13.7. The smallest absolute Gasteiger partial charge is 0.310 e. The molecule has 0 spiro atoms. The number of Topliss-reactive ketones (excluding diaryl/α,β-unsaturated/α-hetero) is 2. The zero-order valence-electron chi connectivity index (χ0n) is 24.4. The Labute approximate surface area is 235 Å². The van der Waals surface area contributed by atoms with Gasteiger partial charge in [-0.3, -0.25) is 14.4 Å². The maximum Gasteiger partial charge on any atom is 0.310 e. The molecule has 3 aliphatic rings.